The zero-order valence-electron chi connectivity index (χ0n) is 10.6. The highest BCUT2D eigenvalue weighted by atomic mass is 19.1. The van der Waals surface area contributed by atoms with E-state index in [4.69, 9.17) is 4.42 Å². The van der Waals surface area contributed by atoms with Crippen LogP contribution in [0.5, 0.6) is 0 Å². The van der Waals surface area contributed by atoms with Crippen LogP contribution in [0.1, 0.15) is 13.8 Å². The lowest BCUT2D eigenvalue weighted by Gasteiger charge is -2.39. The maximum absolute atomic E-state index is 13.7. The first-order valence-electron chi connectivity index (χ1n) is 6.32. The fraction of sp³-hybridized carbons (Fsp3) is 0.429. The Labute approximate surface area is 106 Å². The third kappa shape index (κ3) is 1.86. The van der Waals surface area contributed by atoms with Crippen molar-refractivity contribution < 1.29 is 8.81 Å². The summed E-state index contributed by atoms with van der Waals surface area (Å²) in [5.74, 6) is -0.211. The fourth-order valence-corrected chi connectivity index (χ4v) is 2.60. The summed E-state index contributed by atoms with van der Waals surface area (Å²) in [6, 6.07) is 5.61. The maximum Gasteiger partial charge on any atom is 0.157 e. The van der Waals surface area contributed by atoms with Crippen molar-refractivity contribution in [3.63, 3.8) is 0 Å². The minimum Gasteiger partial charge on any atom is -0.462 e. The fourth-order valence-electron chi connectivity index (χ4n) is 2.60. The van der Waals surface area contributed by atoms with Gasteiger partial charge < -0.3 is 14.6 Å². The van der Waals surface area contributed by atoms with E-state index < -0.39 is 0 Å². The molecule has 0 unspecified atom stereocenters. The summed E-state index contributed by atoms with van der Waals surface area (Å²) in [4.78, 5) is 2.22. The molecule has 2 aromatic rings. The maximum atomic E-state index is 13.7. The quantitative estimate of drug-likeness (QED) is 0.841. The number of furan rings is 1. The van der Waals surface area contributed by atoms with E-state index in [1.807, 2.05) is 0 Å². The molecule has 1 aliphatic rings. The average Bonchev–Trinajstić information content (AvgIpc) is 2.79. The van der Waals surface area contributed by atoms with Gasteiger partial charge in [0.1, 0.15) is 5.82 Å². The number of benzene rings is 1. The highest BCUT2D eigenvalue weighted by Gasteiger charge is 2.25. The van der Waals surface area contributed by atoms with Gasteiger partial charge in [0.2, 0.25) is 0 Å². The van der Waals surface area contributed by atoms with Crippen molar-refractivity contribution in [1.82, 2.24) is 5.32 Å². The Bertz CT molecular complexity index is 566. The molecule has 18 heavy (non-hydrogen) atoms. The highest BCUT2D eigenvalue weighted by Crippen LogP contribution is 2.31. The zero-order valence-corrected chi connectivity index (χ0v) is 10.6. The molecule has 3 nitrogen and oxygen atoms in total. The van der Waals surface area contributed by atoms with E-state index >= 15 is 0 Å². The lowest BCUT2D eigenvalue weighted by Crippen LogP contribution is -2.54. The molecule has 1 aromatic carbocycles. The molecule has 0 radical (unpaired) electrons. The smallest absolute Gasteiger partial charge is 0.157 e. The first-order chi connectivity index (χ1) is 8.65. The first kappa shape index (κ1) is 11.5. The molecule has 0 saturated carbocycles. The van der Waals surface area contributed by atoms with Crippen LogP contribution < -0.4 is 10.2 Å². The summed E-state index contributed by atoms with van der Waals surface area (Å²) >= 11 is 0. The molecule has 2 heterocycles. The van der Waals surface area contributed by atoms with Gasteiger partial charge in [-0.25, -0.2) is 4.39 Å². The Morgan fingerprint density at radius 2 is 2.22 bits per heavy atom. The zero-order chi connectivity index (χ0) is 12.7. The van der Waals surface area contributed by atoms with Gasteiger partial charge in [-0.15, -0.1) is 0 Å². The Morgan fingerprint density at radius 1 is 1.39 bits per heavy atom. The van der Waals surface area contributed by atoms with Crippen LogP contribution >= 0.6 is 0 Å². The average molecular weight is 248 g/mol. The molecule has 0 aliphatic carbocycles. The number of hydrogen-bond acceptors (Lipinski definition) is 3. The standard InChI is InChI=1S/C14H17FN2O/c1-9-8-17(10(2)7-16-9)13-6-12(15)5-11-3-4-18-14(11)13/h3-6,9-10,16H,7-8H2,1-2H3/t9-,10-/m1/s1. The van der Waals surface area contributed by atoms with E-state index in [0.29, 0.717) is 12.1 Å². The molecule has 4 heteroatoms. The van der Waals surface area contributed by atoms with Crippen molar-refractivity contribution in [3.8, 4) is 0 Å². The van der Waals surface area contributed by atoms with Gasteiger partial charge in [-0.05, 0) is 26.0 Å². The van der Waals surface area contributed by atoms with Gasteiger partial charge in [-0.1, -0.05) is 0 Å². The molecular weight excluding hydrogens is 231 g/mol. The topological polar surface area (TPSA) is 28.4 Å². The minimum atomic E-state index is -0.211. The number of piperazine rings is 1. The van der Waals surface area contributed by atoms with Crippen LogP contribution in [0, 0.1) is 5.82 Å². The molecule has 1 aromatic heterocycles. The largest absolute Gasteiger partial charge is 0.462 e. The number of nitrogens with zero attached hydrogens (tertiary/aromatic N) is 1. The second-order valence-corrected chi connectivity index (χ2v) is 5.07. The second-order valence-electron chi connectivity index (χ2n) is 5.07. The van der Waals surface area contributed by atoms with Gasteiger partial charge >= 0.3 is 0 Å². The highest BCUT2D eigenvalue weighted by molar-refractivity contribution is 5.89. The molecule has 0 amide bonds. The van der Waals surface area contributed by atoms with Crippen LogP contribution in [0.2, 0.25) is 0 Å². The van der Waals surface area contributed by atoms with Crippen LogP contribution in [-0.2, 0) is 0 Å². The number of hydrogen-bond donors (Lipinski definition) is 1. The molecule has 0 spiro atoms. The lowest BCUT2D eigenvalue weighted by molar-refractivity contribution is 0.424. The summed E-state index contributed by atoms with van der Waals surface area (Å²) in [6.07, 6.45) is 1.61. The number of rotatable bonds is 1. The molecule has 1 fully saturated rings. The summed E-state index contributed by atoms with van der Waals surface area (Å²) in [6.45, 7) is 6.04. The molecule has 0 bridgehead atoms. The number of halogens is 1. The molecule has 96 valence electrons. The van der Waals surface area contributed by atoms with Gasteiger partial charge in [0.15, 0.2) is 5.58 Å². The Balaban J connectivity index is 2.09. The van der Waals surface area contributed by atoms with Gasteiger partial charge in [0.25, 0.3) is 0 Å². The van der Waals surface area contributed by atoms with Crippen LogP contribution in [0.4, 0.5) is 10.1 Å². The monoisotopic (exact) mass is 248 g/mol. The van der Waals surface area contributed by atoms with Crippen molar-refractivity contribution >= 4 is 16.7 Å². The summed E-state index contributed by atoms with van der Waals surface area (Å²) < 4.78 is 19.2. The molecule has 1 aliphatic heterocycles. The number of nitrogens with one attached hydrogen (secondary N) is 1. The van der Waals surface area contributed by atoms with E-state index in [0.717, 1.165) is 29.7 Å². The Hall–Kier alpha value is -1.55. The van der Waals surface area contributed by atoms with E-state index in [1.165, 1.54) is 6.07 Å². The second kappa shape index (κ2) is 4.28. The molecule has 3 rings (SSSR count). The van der Waals surface area contributed by atoms with E-state index in [-0.39, 0.29) is 5.82 Å². The van der Waals surface area contributed by atoms with E-state index in [9.17, 15) is 4.39 Å². The van der Waals surface area contributed by atoms with E-state index in [1.54, 1.807) is 18.4 Å². The minimum absolute atomic E-state index is 0.211. The van der Waals surface area contributed by atoms with Crippen molar-refractivity contribution in [2.75, 3.05) is 18.0 Å². The molecule has 1 N–H and O–H groups in total. The molecular formula is C14H17FN2O. The summed E-state index contributed by atoms with van der Waals surface area (Å²) in [5.41, 5.74) is 1.63. The number of anilines is 1. The van der Waals surface area contributed by atoms with Crippen LogP contribution in [0.15, 0.2) is 28.9 Å². The van der Waals surface area contributed by atoms with Gasteiger partial charge in [0.05, 0.1) is 12.0 Å². The van der Waals surface area contributed by atoms with Crippen molar-refractivity contribution in [2.24, 2.45) is 0 Å². The lowest BCUT2D eigenvalue weighted by atomic mass is 10.1. The Morgan fingerprint density at radius 3 is 3.06 bits per heavy atom. The van der Waals surface area contributed by atoms with E-state index in [2.05, 4.69) is 24.1 Å². The van der Waals surface area contributed by atoms with Gasteiger partial charge in [-0.3, -0.25) is 0 Å². The van der Waals surface area contributed by atoms with Crippen LogP contribution in [0.25, 0.3) is 11.0 Å². The third-order valence-electron chi connectivity index (χ3n) is 3.57. The van der Waals surface area contributed by atoms with Gasteiger partial charge in [-0.2, -0.15) is 0 Å². The summed E-state index contributed by atoms with van der Waals surface area (Å²) in [5, 5.41) is 4.24. The Kier molecular flexibility index (Phi) is 2.74. The van der Waals surface area contributed by atoms with Gasteiger partial charge in [0, 0.05) is 36.6 Å². The normalized spacial score (nSPS) is 24.7. The predicted octanol–water partition coefficient (Wildman–Crippen LogP) is 2.76. The molecule has 2 atom stereocenters. The van der Waals surface area contributed by atoms with Crippen molar-refractivity contribution in [2.45, 2.75) is 25.9 Å². The predicted molar refractivity (Wildman–Crippen MR) is 70.4 cm³/mol. The molecule has 1 saturated heterocycles. The van der Waals surface area contributed by atoms with Crippen molar-refractivity contribution in [3.05, 3.63) is 30.3 Å². The van der Waals surface area contributed by atoms with Crippen molar-refractivity contribution in [1.29, 1.82) is 0 Å². The SMILES string of the molecule is C[C@@H]1CN(c2cc(F)cc3ccoc23)[C@H](C)CN1. The first-order valence-corrected chi connectivity index (χ1v) is 6.32. The van der Waals surface area contributed by atoms with Crippen LogP contribution in [0.3, 0.4) is 0 Å². The third-order valence-corrected chi connectivity index (χ3v) is 3.57. The number of fused-ring (bicyclic) bond motifs is 1. The van der Waals surface area contributed by atoms with Crippen LogP contribution in [-0.4, -0.2) is 25.2 Å². The summed E-state index contributed by atoms with van der Waals surface area (Å²) in [7, 11) is 0.